The summed E-state index contributed by atoms with van der Waals surface area (Å²) in [5.41, 5.74) is 4.09. The summed E-state index contributed by atoms with van der Waals surface area (Å²) in [6.45, 7) is 0.420. The summed E-state index contributed by atoms with van der Waals surface area (Å²) in [5.74, 6) is -0.682. The molecule has 10 heteroatoms. The van der Waals surface area contributed by atoms with Crippen LogP contribution in [0.4, 0.5) is 5.69 Å². The number of fused-ring (bicyclic) bond motifs is 1. The highest BCUT2D eigenvalue weighted by atomic mass is 35.5. The lowest BCUT2D eigenvalue weighted by Crippen LogP contribution is -2.33. The summed E-state index contributed by atoms with van der Waals surface area (Å²) >= 11 is 5.80. The Kier molecular flexibility index (Phi) is 6.78. The lowest BCUT2D eigenvalue weighted by atomic mass is 10.0. The highest BCUT2D eigenvalue weighted by Crippen LogP contribution is 2.33. The molecule has 0 aliphatic carbocycles. The Balaban J connectivity index is 1.22. The molecule has 5 rings (SSSR count). The van der Waals surface area contributed by atoms with E-state index in [1.165, 1.54) is 17.1 Å². The van der Waals surface area contributed by atoms with Crippen molar-refractivity contribution in [3.05, 3.63) is 117 Å². The van der Waals surface area contributed by atoms with Gasteiger partial charge in [-0.2, -0.15) is 0 Å². The molecule has 37 heavy (non-hydrogen) atoms. The second kappa shape index (κ2) is 10.5. The number of hydrogen-bond donors (Lipinski definition) is 3. The molecule has 0 saturated heterocycles. The van der Waals surface area contributed by atoms with Crippen molar-refractivity contribution in [2.75, 3.05) is 11.9 Å². The second-order valence-electron chi connectivity index (χ2n) is 8.28. The predicted molar refractivity (Wildman–Crippen MR) is 142 cm³/mol. The molecule has 1 aromatic carbocycles. The third kappa shape index (κ3) is 5.41. The minimum Gasteiger partial charge on any atom is -0.362 e. The Morgan fingerprint density at radius 2 is 2.03 bits per heavy atom. The van der Waals surface area contributed by atoms with Crippen molar-refractivity contribution in [1.29, 1.82) is 0 Å². The van der Waals surface area contributed by atoms with E-state index in [4.69, 9.17) is 11.6 Å². The van der Waals surface area contributed by atoms with E-state index in [9.17, 15) is 14.4 Å². The smallest absolute Gasteiger partial charge is 0.266 e. The molecule has 0 fully saturated rings. The molecule has 184 valence electrons. The summed E-state index contributed by atoms with van der Waals surface area (Å²) in [6.07, 6.45) is 11.4. The van der Waals surface area contributed by atoms with Gasteiger partial charge in [0.15, 0.2) is 0 Å². The SMILES string of the molecule is O=C1Nc2cc(/C=C/CNC(=O)c3cncn(Cc4ccc(Cl)nc4)c3=O)ccc2/C1=C/c1ccc[nH]1. The normalized spacial score (nSPS) is 13.6. The summed E-state index contributed by atoms with van der Waals surface area (Å²) < 4.78 is 1.34. The van der Waals surface area contributed by atoms with Gasteiger partial charge >= 0.3 is 0 Å². The highest BCUT2D eigenvalue weighted by molar-refractivity contribution is 6.34. The molecule has 0 unspecified atom stereocenters. The van der Waals surface area contributed by atoms with E-state index < -0.39 is 11.5 Å². The van der Waals surface area contributed by atoms with Crippen LogP contribution in [0.25, 0.3) is 17.7 Å². The number of rotatable bonds is 7. The van der Waals surface area contributed by atoms with Crippen molar-refractivity contribution in [3.63, 3.8) is 0 Å². The largest absolute Gasteiger partial charge is 0.362 e. The van der Waals surface area contributed by atoms with Crippen LogP contribution in [0, 0.1) is 0 Å². The van der Waals surface area contributed by atoms with E-state index in [-0.39, 0.29) is 24.6 Å². The first-order valence-corrected chi connectivity index (χ1v) is 11.8. The van der Waals surface area contributed by atoms with Crippen molar-refractivity contribution >= 4 is 46.8 Å². The molecule has 0 saturated carbocycles. The van der Waals surface area contributed by atoms with Crippen molar-refractivity contribution in [2.45, 2.75) is 6.54 Å². The van der Waals surface area contributed by atoms with Gasteiger partial charge in [-0.15, -0.1) is 0 Å². The van der Waals surface area contributed by atoms with Gasteiger partial charge in [-0.3, -0.25) is 19.0 Å². The van der Waals surface area contributed by atoms with E-state index in [0.29, 0.717) is 10.7 Å². The van der Waals surface area contributed by atoms with Crippen LogP contribution < -0.4 is 16.2 Å². The molecule has 0 radical (unpaired) electrons. The van der Waals surface area contributed by atoms with Crippen molar-refractivity contribution in [2.24, 2.45) is 0 Å². The number of amides is 2. The van der Waals surface area contributed by atoms with Gasteiger partial charge in [0.2, 0.25) is 0 Å². The fourth-order valence-corrected chi connectivity index (χ4v) is 4.02. The number of carbonyl (C=O) groups is 2. The number of nitrogens with zero attached hydrogens (tertiary/aromatic N) is 3. The average Bonchev–Trinajstić information content (AvgIpc) is 3.52. The van der Waals surface area contributed by atoms with Gasteiger partial charge in [0.1, 0.15) is 10.7 Å². The maximum atomic E-state index is 12.8. The summed E-state index contributed by atoms with van der Waals surface area (Å²) in [4.78, 5) is 48.8. The van der Waals surface area contributed by atoms with Crippen molar-refractivity contribution in [1.82, 2.24) is 24.8 Å². The maximum absolute atomic E-state index is 12.8. The zero-order chi connectivity index (χ0) is 25.8. The topological polar surface area (TPSA) is 122 Å². The number of carbonyl (C=O) groups excluding carboxylic acids is 2. The predicted octanol–water partition coefficient (Wildman–Crippen LogP) is 3.60. The van der Waals surface area contributed by atoms with Gasteiger partial charge in [0.05, 0.1) is 18.4 Å². The van der Waals surface area contributed by atoms with Crippen LogP contribution in [0.2, 0.25) is 5.15 Å². The first kappa shape index (κ1) is 24.0. The Morgan fingerprint density at radius 3 is 2.81 bits per heavy atom. The number of H-pyrrole nitrogens is 1. The van der Waals surface area contributed by atoms with Crippen molar-refractivity contribution < 1.29 is 9.59 Å². The fraction of sp³-hybridized carbons (Fsp3) is 0.0741. The molecule has 4 heterocycles. The molecule has 1 aliphatic rings. The number of anilines is 1. The third-order valence-electron chi connectivity index (χ3n) is 5.73. The van der Waals surface area contributed by atoms with Gasteiger partial charge < -0.3 is 15.6 Å². The maximum Gasteiger partial charge on any atom is 0.266 e. The molecule has 4 aromatic rings. The minimum atomic E-state index is -0.522. The fourth-order valence-electron chi connectivity index (χ4n) is 3.91. The van der Waals surface area contributed by atoms with E-state index in [2.05, 4.69) is 25.6 Å². The summed E-state index contributed by atoms with van der Waals surface area (Å²) in [7, 11) is 0. The van der Waals surface area contributed by atoms with E-state index in [1.807, 2.05) is 42.5 Å². The molecule has 0 atom stereocenters. The Bertz CT molecular complexity index is 1590. The molecule has 9 nitrogen and oxygen atoms in total. The van der Waals surface area contributed by atoms with E-state index >= 15 is 0 Å². The number of hydrogen-bond acceptors (Lipinski definition) is 5. The Hall–Kier alpha value is -4.76. The third-order valence-corrected chi connectivity index (χ3v) is 5.95. The molecule has 0 bridgehead atoms. The van der Waals surface area contributed by atoms with Crippen LogP contribution in [-0.4, -0.2) is 37.9 Å². The van der Waals surface area contributed by atoms with Crippen LogP contribution >= 0.6 is 11.6 Å². The monoisotopic (exact) mass is 512 g/mol. The standard InChI is InChI=1S/C27H21ClN6O3/c28-24-8-6-18(13-32-24)15-34-16-29-14-22(27(34)37)25(35)31-10-1-3-17-5-7-20-21(12-19-4-2-9-30-19)26(36)33-23(20)11-17/h1-9,11-14,16,30H,10,15H2,(H,31,35)(H,33,36)/b3-1+,21-12-. The number of nitrogens with one attached hydrogen (secondary N) is 3. The van der Waals surface area contributed by atoms with Gasteiger partial charge in [-0.25, -0.2) is 9.97 Å². The van der Waals surface area contributed by atoms with Crippen LogP contribution in [0.3, 0.4) is 0 Å². The molecule has 3 aromatic heterocycles. The van der Waals surface area contributed by atoms with E-state index in [0.717, 1.165) is 28.1 Å². The van der Waals surface area contributed by atoms with Crippen LogP contribution in [-0.2, 0) is 11.3 Å². The lowest BCUT2D eigenvalue weighted by Gasteiger charge is -2.07. The summed E-state index contributed by atoms with van der Waals surface area (Å²) in [6, 6.07) is 12.8. The molecular weight excluding hydrogens is 492 g/mol. The van der Waals surface area contributed by atoms with Gasteiger partial charge in [-0.1, -0.05) is 42.0 Å². The zero-order valence-electron chi connectivity index (χ0n) is 19.4. The Labute approximate surface area is 216 Å². The van der Waals surface area contributed by atoms with Crippen LogP contribution in [0.15, 0.2) is 78.3 Å². The molecule has 0 spiro atoms. The van der Waals surface area contributed by atoms with Gasteiger partial charge in [-0.05, 0) is 41.5 Å². The minimum absolute atomic E-state index is 0.0561. The molecule has 2 amide bonds. The summed E-state index contributed by atoms with van der Waals surface area (Å²) in [5, 5.41) is 5.95. The first-order chi connectivity index (χ1) is 18.0. The van der Waals surface area contributed by atoms with Crippen LogP contribution in [0.1, 0.15) is 32.7 Å². The zero-order valence-corrected chi connectivity index (χ0v) is 20.2. The average molecular weight is 513 g/mol. The molecule has 1 aliphatic heterocycles. The molecular formula is C27H21ClN6O3. The number of aromatic nitrogens is 4. The van der Waals surface area contributed by atoms with Crippen LogP contribution in [0.5, 0.6) is 0 Å². The second-order valence-corrected chi connectivity index (χ2v) is 8.67. The van der Waals surface area contributed by atoms with Gasteiger partial charge in [0.25, 0.3) is 17.4 Å². The highest BCUT2D eigenvalue weighted by Gasteiger charge is 2.24. The quantitative estimate of drug-likeness (QED) is 0.258. The Morgan fingerprint density at radius 1 is 1.14 bits per heavy atom. The number of pyridine rings is 1. The van der Waals surface area contributed by atoms with E-state index in [1.54, 1.807) is 30.6 Å². The van der Waals surface area contributed by atoms with Gasteiger partial charge in [0, 0.05) is 42.1 Å². The number of benzene rings is 1. The number of halogens is 1. The lowest BCUT2D eigenvalue weighted by molar-refractivity contribution is -0.110. The first-order valence-electron chi connectivity index (χ1n) is 11.4. The molecule has 3 N–H and O–H groups in total. The number of aromatic amines is 1. The van der Waals surface area contributed by atoms with Crippen molar-refractivity contribution in [3.8, 4) is 0 Å².